The van der Waals surface area contributed by atoms with Gasteiger partial charge in [0.05, 0.1) is 14.2 Å². The van der Waals surface area contributed by atoms with Crippen molar-refractivity contribution in [3.05, 3.63) is 53.6 Å². The summed E-state index contributed by atoms with van der Waals surface area (Å²) in [5.41, 5.74) is 2.14. The van der Waals surface area contributed by atoms with Crippen molar-refractivity contribution in [1.29, 1.82) is 0 Å². The number of para-hydroxylation sites is 2. The molecule has 0 bridgehead atoms. The highest BCUT2D eigenvalue weighted by molar-refractivity contribution is 5.46. The van der Waals surface area contributed by atoms with Crippen LogP contribution in [0.25, 0.3) is 0 Å². The quantitative estimate of drug-likeness (QED) is 0.694. The third-order valence-electron chi connectivity index (χ3n) is 4.89. The number of hydrogen-bond acceptors (Lipinski definition) is 5. The van der Waals surface area contributed by atoms with Crippen molar-refractivity contribution in [2.75, 3.05) is 27.4 Å². The van der Waals surface area contributed by atoms with E-state index in [1.165, 1.54) is 0 Å². The summed E-state index contributed by atoms with van der Waals surface area (Å²) in [6.45, 7) is 3.57. The van der Waals surface area contributed by atoms with Crippen molar-refractivity contribution in [2.45, 2.75) is 38.5 Å². The molecule has 2 aromatic carbocycles. The van der Waals surface area contributed by atoms with E-state index in [9.17, 15) is 5.11 Å². The first-order valence-corrected chi connectivity index (χ1v) is 9.42. The summed E-state index contributed by atoms with van der Waals surface area (Å²) in [7, 11) is 3.31. The molecule has 1 aliphatic carbocycles. The molecule has 1 atom stereocenters. The average Bonchev–Trinajstić information content (AvgIpc) is 3.52. The first-order valence-electron chi connectivity index (χ1n) is 9.42. The lowest BCUT2D eigenvalue weighted by atomic mass is 10.1. The van der Waals surface area contributed by atoms with Gasteiger partial charge < -0.3 is 19.3 Å². The summed E-state index contributed by atoms with van der Waals surface area (Å²) in [6, 6.07) is 14.3. The summed E-state index contributed by atoms with van der Waals surface area (Å²) in [5.74, 6) is 2.31. The zero-order chi connectivity index (χ0) is 19.2. The Balaban J connectivity index is 1.62. The standard InChI is InChI=1S/C22H29NO4/c1-16-7-4-5-9-20(16)27-15-19(24)14-23(18-11-12-18)13-17-8-6-10-21(25-2)22(17)26-3/h4-10,18-19,24H,11-15H2,1-3H3/t19-/m1/s1. The molecule has 1 saturated carbocycles. The SMILES string of the molecule is COc1cccc(CN(C[C@@H](O)COc2ccccc2C)C2CC2)c1OC. The molecule has 5 heteroatoms. The number of rotatable bonds is 10. The lowest BCUT2D eigenvalue weighted by Gasteiger charge is -2.26. The van der Waals surface area contributed by atoms with Crippen LogP contribution in [0.1, 0.15) is 24.0 Å². The highest BCUT2D eigenvalue weighted by Gasteiger charge is 2.31. The molecule has 1 N–H and O–H groups in total. The maximum Gasteiger partial charge on any atom is 0.165 e. The third-order valence-corrected chi connectivity index (χ3v) is 4.89. The first-order chi connectivity index (χ1) is 13.1. The van der Waals surface area contributed by atoms with E-state index in [4.69, 9.17) is 14.2 Å². The van der Waals surface area contributed by atoms with Gasteiger partial charge in [0, 0.05) is 24.7 Å². The number of aliphatic hydroxyl groups is 1. The minimum atomic E-state index is -0.554. The number of hydrogen-bond donors (Lipinski definition) is 1. The predicted octanol–water partition coefficient (Wildman–Crippen LogP) is 3.42. The highest BCUT2D eigenvalue weighted by atomic mass is 16.5. The molecule has 27 heavy (non-hydrogen) atoms. The van der Waals surface area contributed by atoms with Crippen molar-refractivity contribution >= 4 is 0 Å². The van der Waals surface area contributed by atoms with Crippen LogP contribution in [-0.2, 0) is 6.54 Å². The number of methoxy groups -OCH3 is 2. The zero-order valence-corrected chi connectivity index (χ0v) is 16.4. The number of aryl methyl sites for hydroxylation is 1. The molecule has 0 saturated heterocycles. The Morgan fingerprint density at radius 1 is 1.04 bits per heavy atom. The number of benzene rings is 2. The Bertz CT molecular complexity index is 745. The summed E-state index contributed by atoms with van der Waals surface area (Å²) >= 11 is 0. The Kier molecular flexibility index (Phi) is 6.58. The second-order valence-electron chi connectivity index (χ2n) is 7.04. The average molecular weight is 371 g/mol. The van der Waals surface area contributed by atoms with E-state index in [2.05, 4.69) is 4.90 Å². The Morgan fingerprint density at radius 2 is 1.78 bits per heavy atom. The second-order valence-corrected chi connectivity index (χ2v) is 7.04. The molecule has 5 nitrogen and oxygen atoms in total. The molecule has 0 unspecified atom stereocenters. The Labute approximate surface area is 161 Å². The van der Waals surface area contributed by atoms with Gasteiger partial charge in [-0.25, -0.2) is 0 Å². The molecular weight excluding hydrogens is 342 g/mol. The molecule has 3 rings (SSSR count). The van der Waals surface area contributed by atoms with Crippen LogP contribution in [0.15, 0.2) is 42.5 Å². The third kappa shape index (κ3) is 5.15. The van der Waals surface area contributed by atoms with E-state index in [1.54, 1.807) is 14.2 Å². The largest absolute Gasteiger partial charge is 0.493 e. The number of aliphatic hydroxyl groups excluding tert-OH is 1. The fourth-order valence-corrected chi connectivity index (χ4v) is 3.31. The van der Waals surface area contributed by atoms with Gasteiger partial charge in [0.2, 0.25) is 0 Å². The fraction of sp³-hybridized carbons (Fsp3) is 0.455. The number of ether oxygens (including phenoxy) is 3. The van der Waals surface area contributed by atoms with E-state index in [0.29, 0.717) is 19.1 Å². The van der Waals surface area contributed by atoms with Gasteiger partial charge >= 0.3 is 0 Å². The van der Waals surface area contributed by atoms with Crippen molar-refractivity contribution in [1.82, 2.24) is 4.90 Å². The van der Waals surface area contributed by atoms with Crippen LogP contribution in [0, 0.1) is 6.92 Å². The van der Waals surface area contributed by atoms with E-state index < -0.39 is 6.10 Å². The van der Waals surface area contributed by atoms with Crippen LogP contribution in [0.5, 0.6) is 17.2 Å². The molecule has 0 aliphatic heterocycles. The summed E-state index contributed by atoms with van der Waals surface area (Å²) < 4.78 is 16.8. The van der Waals surface area contributed by atoms with E-state index in [0.717, 1.165) is 41.2 Å². The molecule has 0 spiro atoms. The van der Waals surface area contributed by atoms with Gasteiger partial charge in [0.1, 0.15) is 18.5 Å². The summed E-state index contributed by atoms with van der Waals surface area (Å²) in [4.78, 5) is 2.31. The van der Waals surface area contributed by atoms with Gasteiger partial charge in [-0.2, -0.15) is 0 Å². The molecule has 0 amide bonds. The van der Waals surface area contributed by atoms with Gasteiger partial charge in [-0.15, -0.1) is 0 Å². The highest BCUT2D eigenvalue weighted by Crippen LogP contribution is 2.34. The minimum absolute atomic E-state index is 0.281. The van der Waals surface area contributed by atoms with Crippen LogP contribution >= 0.6 is 0 Å². The second kappa shape index (κ2) is 9.11. The predicted molar refractivity (Wildman–Crippen MR) is 106 cm³/mol. The maximum absolute atomic E-state index is 10.5. The van der Waals surface area contributed by atoms with Crippen LogP contribution in [-0.4, -0.2) is 49.5 Å². The van der Waals surface area contributed by atoms with Crippen LogP contribution < -0.4 is 14.2 Å². The smallest absolute Gasteiger partial charge is 0.165 e. The zero-order valence-electron chi connectivity index (χ0n) is 16.4. The molecule has 0 radical (unpaired) electrons. The molecule has 0 heterocycles. The monoisotopic (exact) mass is 371 g/mol. The molecule has 1 aliphatic rings. The molecular formula is C22H29NO4. The van der Waals surface area contributed by atoms with Crippen LogP contribution in [0.2, 0.25) is 0 Å². The molecule has 0 aromatic heterocycles. The number of nitrogens with zero attached hydrogens (tertiary/aromatic N) is 1. The van der Waals surface area contributed by atoms with Crippen molar-refractivity contribution < 1.29 is 19.3 Å². The van der Waals surface area contributed by atoms with E-state index in [1.807, 2.05) is 49.4 Å². The lowest BCUT2D eigenvalue weighted by molar-refractivity contribution is 0.0621. The van der Waals surface area contributed by atoms with Gasteiger partial charge in [-0.3, -0.25) is 4.90 Å². The Hall–Kier alpha value is -2.24. The van der Waals surface area contributed by atoms with Gasteiger partial charge in [-0.05, 0) is 37.5 Å². The molecule has 1 fully saturated rings. The van der Waals surface area contributed by atoms with Crippen molar-refractivity contribution in [2.24, 2.45) is 0 Å². The molecule has 146 valence electrons. The Morgan fingerprint density at radius 3 is 2.44 bits per heavy atom. The normalized spacial score (nSPS) is 14.9. The van der Waals surface area contributed by atoms with Crippen LogP contribution in [0.3, 0.4) is 0 Å². The van der Waals surface area contributed by atoms with Gasteiger partial charge in [0.25, 0.3) is 0 Å². The van der Waals surface area contributed by atoms with E-state index in [-0.39, 0.29) is 6.61 Å². The minimum Gasteiger partial charge on any atom is -0.493 e. The first kappa shape index (κ1) is 19.5. The van der Waals surface area contributed by atoms with Crippen molar-refractivity contribution in [3.8, 4) is 17.2 Å². The van der Waals surface area contributed by atoms with Gasteiger partial charge in [-0.1, -0.05) is 30.3 Å². The van der Waals surface area contributed by atoms with Crippen molar-refractivity contribution in [3.63, 3.8) is 0 Å². The lowest BCUT2D eigenvalue weighted by Crippen LogP contribution is -2.36. The molecule has 2 aromatic rings. The topological polar surface area (TPSA) is 51.2 Å². The van der Waals surface area contributed by atoms with Gasteiger partial charge in [0.15, 0.2) is 11.5 Å². The van der Waals surface area contributed by atoms with E-state index >= 15 is 0 Å². The summed E-state index contributed by atoms with van der Waals surface area (Å²) in [6.07, 6.45) is 1.77. The summed E-state index contributed by atoms with van der Waals surface area (Å²) in [5, 5.41) is 10.5. The fourth-order valence-electron chi connectivity index (χ4n) is 3.31. The van der Waals surface area contributed by atoms with Crippen LogP contribution in [0.4, 0.5) is 0 Å². The maximum atomic E-state index is 10.5.